The molecule has 0 saturated carbocycles. The molecule has 0 unspecified atom stereocenters. The number of rotatable bonds is 6. The number of carbonyl (C=O) groups excluding carboxylic acids is 1. The fraction of sp³-hybridized carbons (Fsp3) is 0.364. The summed E-state index contributed by atoms with van der Waals surface area (Å²) in [5, 5.41) is 0.908. The van der Waals surface area contributed by atoms with Crippen LogP contribution < -0.4 is 9.64 Å². The van der Waals surface area contributed by atoms with Gasteiger partial charge in [0.05, 0.1) is 38.2 Å². The summed E-state index contributed by atoms with van der Waals surface area (Å²) < 4.78 is 26.0. The van der Waals surface area contributed by atoms with Crippen LogP contribution in [0.1, 0.15) is 11.6 Å². The summed E-state index contributed by atoms with van der Waals surface area (Å²) in [6, 6.07) is 8.46. The van der Waals surface area contributed by atoms with Gasteiger partial charge in [0.2, 0.25) is 5.88 Å². The molecule has 2 aromatic heterocycles. The van der Waals surface area contributed by atoms with E-state index in [1.807, 2.05) is 19.2 Å². The van der Waals surface area contributed by atoms with E-state index in [9.17, 15) is 9.18 Å². The Morgan fingerprint density at radius 2 is 2.07 bits per heavy atom. The number of methoxy groups -OCH3 is 2. The number of anilines is 1. The topological polar surface area (TPSA) is 59.8 Å². The third-order valence-electron chi connectivity index (χ3n) is 5.51. The normalized spacial score (nSPS) is 14.1. The standard InChI is InChI=1S/C22H25FN4O3/c1-15-12-27(20-6-4-16(23)10-19(15)20)18-13-25(14-18)22(28)26(8-9-29-2)17-5-7-21(30-3)24-11-17/h4-7,10-12,18H,8-9,13-14H2,1-3H3. The highest BCUT2D eigenvalue weighted by molar-refractivity contribution is 5.92. The summed E-state index contributed by atoms with van der Waals surface area (Å²) in [6.45, 7) is 4.00. The largest absolute Gasteiger partial charge is 0.481 e. The molecular weight excluding hydrogens is 387 g/mol. The molecule has 0 aliphatic carbocycles. The van der Waals surface area contributed by atoms with Crippen LogP contribution in [0, 0.1) is 12.7 Å². The summed E-state index contributed by atoms with van der Waals surface area (Å²) in [7, 11) is 3.16. The highest BCUT2D eigenvalue weighted by Gasteiger charge is 2.35. The quantitative estimate of drug-likeness (QED) is 0.621. The van der Waals surface area contributed by atoms with E-state index in [0.717, 1.165) is 16.5 Å². The Morgan fingerprint density at radius 3 is 2.73 bits per heavy atom. The minimum atomic E-state index is -0.240. The van der Waals surface area contributed by atoms with Crippen LogP contribution in [0.4, 0.5) is 14.9 Å². The van der Waals surface area contributed by atoms with Crippen molar-refractivity contribution in [2.24, 2.45) is 0 Å². The van der Waals surface area contributed by atoms with Gasteiger partial charge in [-0.3, -0.25) is 4.90 Å². The number of likely N-dealkylation sites (tertiary alicyclic amines) is 1. The Balaban J connectivity index is 1.50. The summed E-state index contributed by atoms with van der Waals surface area (Å²) in [5.41, 5.74) is 2.71. The molecule has 1 aromatic carbocycles. The zero-order chi connectivity index (χ0) is 21.3. The van der Waals surface area contributed by atoms with Gasteiger partial charge in [-0.25, -0.2) is 14.2 Å². The van der Waals surface area contributed by atoms with Crippen LogP contribution in [-0.2, 0) is 4.74 Å². The van der Waals surface area contributed by atoms with Gasteiger partial charge >= 0.3 is 6.03 Å². The number of fused-ring (bicyclic) bond motifs is 1. The molecule has 8 heteroatoms. The third-order valence-corrected chi connectivity index (χ3v) is 5.51. The second-order valence-electron chi connectivity index (χ2n) is 7.43. The number of pyridine rings is 1. The van der Waals surface area contributed by atoms with Crippen LogP contribution in [0.15, 0.2) is 42.7 Å². The van der Waals surface area contributed by atoms with Crippen molar-refractivity contribution in [1.82, 2.24) is 14.5 Å². The second kappa shape index (κ2) is 8.31. The van der Waals surface area contributed by atoms with Crippen LogP contribution in [0.3, 0.4) is 0 Å². The molecular formula is C22H25FN4O3. The molecule has 0 radical (unpaired) electrons. The lowest BCUT2D eigenvalue weighted by atomic mass is 10.1. The molecule has 0 bridgehead atoms. The zero-order valence-electron chi connectivity index (χ0n) is 17.3. The number of halogens is 1. The molecule has 2 amide bonds. The molecule has 1 aliphatic rings. The highest BCUT2D eigenvalue weighted by Crippen LogP contribution is 2.31. The molecule has 3 heterocycles. The van der Waals surface area contributed by atoms with Crippen LogP contribution >= 0.6 is 0 Å². The first-order valence-electron chi connectivity index (χ1n) is 9.84. The predicted molar refractivity (Wildman–Crippen MR) is 113 cm³/mol. The number of hydrogen-bond acceptors (Lipinski definition) is 4. The molecule has 158 valence electrons. The molecule has 1 saturated heterocycles. The van der Waals surface area contributed by atoms with Crippen LogP contribution in [0.2, 0.25) is 0 Å². The maximum atomic E-state index is 13.6. The van der Waals surface area contributed by atoms with Crippen molar-refractivity contribution in [3.05, 3.63) is 54.1 Å². The Kier molecular flexibility index (Phi) is 5.59. The summed E-state index contributed by atoms with van der Waals surface area (Å²) in [6.07, 6.45) is 3.66. The van der Waals surface area contributed by atoms with E-state index in [1.54, 1.807) is 48.4 Å². The maximum Gasteiger partial charge on any atom is 0.324 e. The van der Waals surface area contributed by atoms with Gasteiger partial charge in [-0.1, -0.05) is 0 Å². The van der Waals surface area contributed by atoms with Gasteiger partial charge in [0.15, 0.2) is 0 Å². The molecule has 3 aromatic rings. The van der Waals surface area contributed by atoms with E-state index in [1.165, 1.54) is 6.07 Å². The van der Waals surface area contributed by atoms with Crippen molar-refractivity contribution in [2.45, 2.75) is 13.0 Å². The lowest BCUT2D eigenvalue weighted by molar-refractivity contribution is 0.129. The summed E-state index contributed by atoms with van der Waals surface area (Å²) >= 11 is 0. The lowest BCUT2D eigenvalue weighted by Gasteiger charge is -2.42. The van der Waals surface area contributed by atoms with Gasteiger partial charge in [-0.15, -0.1) is 0 Å². The minimum absolute atomic E-state index is 0.0884. The van der Waals surface area contributed by atoms with Gasteiger partial charge in [0, 0.05) is 43.4 Å². The number of aryl methyl sites for hydroxylation is 1. The van der Waals surface area contributed by atoms with Crippen molar-refractivity contribution in [2.75, 3.05) is 45.4 Å². The number of amides is 2. The van der Waals surface area contributed by atoms with Crippen molar-refractivity contribution in [1.29, 1.82) is 0 Å². The van der Waals surface area contributed by atoms with Crippen molar-refractivity contribution in [3.63, 3.8) is 0 Å². The SMILES string of the molecule is COCCN(C(=O)N1CC(n2cc(C)c3cc(F)ccc32)C1)c1ccc(OC)nc1. The van der Waals surface area contributed by atoms with Crippen molar-refractivity contribution in [3.8, 4) is 5.88 Å². The number of carbonyl (C=O) groups is 1. The van der Waals surface area contributed by atoms with E-state index in [2.05, 4.69) is 9.55 Å². The number of urea groups is 1. The second-order valence-corrected chi connectivity index (χ2v) is 7.43. The van der Waals surface area contributed by atoms with Gasteiger partial charge in [0.25, 0.3) is 0 Å². The first-order valence-corrected chi connectivity index (χ1v) is 9.84. The number of hydrogen-bond donors (Lipinski definition) is 0. The van der Waals surface area contributed by atoms with Gasteiger partial charge in [-0.2, -0.15) is 0 Å². The first-order chi connectivity index (χ1) is 14.5. The Bertz CT molecular complexity index is 1040. The van der Waals surface area contributed by atoms with Crippen LogP contribution in [-0.4, -0.2) is 60.9 Å². The van der Waals surface area contributed by atoms with Crippen LogP contribution in [0.25, 0.3) is 10.9 Å². The van der Waals surface area contributed by atoms with E-state index >= 15 is 0 Å². The zero-order valence-corrected chi connectivity index (χ0v) is 17.3. The van der Waals surface area contributed by atoms with E-state index in [-0.39, 0.29) is 17.9 Å². The Labute approximate surface area is 174 Å². The highest BCUT2D eigenvalue weighted by atomic mass is 19.1. The maximum absolute atomic E-state index is 13.6. The lowest BCUT2D eigenvalue weighted by Crippen LogP contribution is -2.56. The van der Waals surface area contributed by atoms with Gasteiger partial charge in [-0.05, 0) is 36.8 Å². The molecule has 30 heavy (non-hydrogen) atoms. The van der Waals surface area contributed by atoms with Crippen molar-refractivity contribution < 1.29 is 18.7 Å². The molecule has 7 nitrogen and oxygen atoms in total. The van der Waals surface area contributed by atoms with Crippen molar-refractivity contribution >= 4 is 22.6 Å². The average Bonchev–Trinajstić information content (AvgIpc) is 3.03. The van der Waals surface area contributed by atoms with Gasteiger partial charge < -0.3 is 18.9 Å². The van der Waals surface area contributed by atoms with E-state index in [4.69, 9.17) is 9.47 Å². The molecule has 0 atom stereocenters. The smallest absolute Gasteiger partial charge is 0.324 e. The van der Waals surface area contributed by atoms with E-state index in [0.29, 0.717) is 37.8 Å². The molecule has 4 rings (SSSR count). The average molecular weight is 412 g/mol. The predicted octanol–water partition coefficient (Wildman–Crippen LogP) is 3.62. The summed E-state index contributed by atoms with van der Waals surface area (Å²) in [5.74, 6) is 0.254. The number of ether oxygens (including phenoxy) is 2. The fourth-order valence-corrected chi connectivity index (χ4v) is 3.83. The van der Waals surface area contributed by atoms with E-state index < -0.39 is 0 Å². The fourth-order valence-electron chi connectivity index (χ4n) is 3.83. The number of aromatic nitrogens is 2. The monoisotopic (exact) mass is 412 g/mol. The molecule has 1 fully saturated rings. The molecule has 1 aliphatic heterocycles. The number of nitrogens with zero attached hydrogens (tertiary/aromatic N) is 4. The molecule has 0 N–H and O–H groups in total. The first kappa shape index (κ1) is 20.2. The Morgan fingerprint density at radius 1 is 1.27 bits per heavy atom. The molecule has 0 spiro atoms. The number of benzene rings is 1. The minimum Gasteiger partial charge on any atom is -0.481 e. The third kappa shape index (κ3) is 3.70. The van der Waals surface area contributed by atoms with Crippen LogP contribution in [0.5, 0.6) is 5.88 Å². The van der Waals surface area contributed by atoms with Gasteiger partial charge in [0.1, 0.15) is 5.82 Å². The summed E-state index contributed by atoms with van der Waals surface area (Å²) in [4.78, 5) is 20.8. The Hall–Kier alpha value is -3.13.